The Morgan fingerprint density at radius 2 is 2.00 bits per heavy atom. The van der Waals surface area contributed by atoms with E-state index in [1.165, 1.54) is 12.8 Å². The summed E-state index contributed by atoms with van der Waals surface area (Å²) in [5, 5.41) is 3.48. The number of hydrogen-bond donors (Lipinski definition) is 2. The van der Waals surface area contributed by atoms with Gasteiger partial charge in [-0.2, -0.15) is 0 Å². The zero-order valence-corrected chi connectivity index (χ0v) is 9.05. The summed E-state index contributed by atoms with van der Waals surface area (Å²) in [6.45, 7) is 9.90. The molecule has 2 nitrogen and oxygen atoms in total. The Bertz CT molecular complexity index is 119. The van der Waals surface area contributed by atoms with Gasteiger partial charge in [0, 0.05) is 12.6 Å². The lowest BCUT2D eigenvalue weighted by Gasteiger charge is -2.24. The van der Waals surface area contributed by atoms with Crippen molar-refractivity contribution in [2.45, 2.75) is 39.2 Å². The van der Waals surface area contributed by atoms with Crippen LogP contribution in [0.15, 0.2) is 12.7 Å². The quantitative estimate of drug-likeness (QED) is 0.447. The van der Waals surface area contributed by atoms with Gasteiger partial charge in [0.25, 0.3) is 0 Å². The van der Waals surface area contributed by atoms with Crippen LogP contribution in [0.3, 0.4) is 0 Å². The van der Waals surface area contributed by atoms with Crippen molar-refractivity contribution in [3.05, 3.63) is 12.7 Å². The van der Waals surface area contributed by atoms with E-state index in [9.17, 15) is 0 Å². The molecule has 2 heteroatoms. The normalized spacial score (nSPS) is 13.2. The minimum Gasteiger partial charge on any atom is -0.329 e. The molecule has 0 radical (unpaired) electrons. The SMILES string of the molecule is C=CCCNC(CN)C(CC)CC. The molecule has 0 saturated carbocycles. The molecular weight excluding hydrogens is 160 g/mol. The fraction of sp³-hybridized carbons (Fsp3) is 0.818. The average molecular weight is 184 g/mol. The van der Waals surface area contributed by atoms with Crippen LogP contribution >= 0.6 is 0 Å². The van der Waals surface area contributed by atoms with Crippen LogP contribution < -0.4 is 11.1 Å². The first kappa shape index (κ1) is 12.7. The molecule has 0 aromatic rings. The summed E-state index contributed by atoms with van der Waals surface area (Å²) in [6.07, 6.45) is 5.38. The molecule has 1 atom stereocenters. The minimum absolute atomic E-state index is 0.481. The molecule has 0 aliphatic heterocycles. The van der Waals surface area contributed by atoms with E-state index < -0.39 is 0 Å². The third-order valence-corrected chi connectivity index (χ3v) is 2.63. The van der Waals surface area contributed by atoms with E-state index in [1.807, 2.05) is 6.08 Å². The van der Waals surface area contributed by atoms with Crippen molar-refractivity contribution < 1.29 is 0 Å². The molecule has 0 saturated heterocycles. The van der Waals surface area contributed by atoms with Crippen LogP contribution in [0.2, 0.25) is 0 Å². The zero-order valence-electron chi connectivity index (χ0n) is 9.05. The van der Waals surface area contributed by atoms with E-state index in [-0.39, 0.29) is 0 Å². The van der Waals surface area contributed by atoms with Crippen LogP contribution in [0, 0.1) is 5.92 Å². The lowest BCUT2D eigenvalue weighted by Crippen LogP contribution is -2.42. The van der Waals surface area contributed by atoms with Crippen LogP contribution in [0.25, 0.3) is 0 Å². The van der Waals surface area contributed by atoms with Crippen LogP contribution in [-0.2, 0) is 0 Å². The Kier molecular flexibility index (Phi) is 8.05. The molecular formula is C11H24N2. The number of rotatable bonds is 8. The van der Waals surface area contributed by atoms with Crippen LogP contribution in [0.5, 0.6) is 0 Å². The summed E-state index contributed by atoms with van der Waals surface area (Å²) in [7, 11) is 0. The number of nitrogens with two attached hydrogens (primary N) is 1. The maximum Gasteiger partial charge on any atom is 0.0218 e. The Labute approximate surface area is 82.6 Å². The molecule has 0 fully saturated rings. The second-order valence-electron chi connectivity index (χ2n) is 3.45. The van der Waals surface area contributed by atoms with Crippen molar-refractivity contribution in [2.75, 3.05) is 13.1 Å². The highest BCUT2D eigenvalue weighted by molar-refractivity contribution is 4.77. The second kappa shape index (κ2) is 8.27. The van der Waals surface area contributed by atoms with Crippen molar-refractivity contribution in [3.63, 3.8) is 0 Å². The summed E-state index contributed by atoms with van der Waals surface area (Å²) >= 11 is 0. The summed E-state index contributed by atoms with van der Waals surface area (Å²) in [5.41, 5.74) is 5.72. The summed E-state index contributed by atoms with van der Waals surface area (Å²) in [4.78, 5) is 0. The summed E-state index contributed by atoms with van der Waals surface area (Å²) in [5.74, 6) is 0.717. The van der Waals surface area contributed by atoms with Crippen molar-refractivity contribution >= 4 is 0 Å². The standard InChI is InChI=1S/C11H24N2/c1-4-7-8-13-11(9-12)10(5-2)6-3/h4,10-11,13H,1,5-9,12H2,2-3H3. The average Bonchev–Trinajstić information content (AvgIpc) is 2.17. The van der Waals surface area contributed by atoms with Gasteiger partial charge in [0.15, 0.2) is 0 Å². The fourth-order valence-electron chi connectivity index (χ4n) is 1.67. The molecule has 78 valence electrons. The largest absolute Gasteiger partial charge is 0.329 e. The third kappa shape index (κ3) is 5.06. The predicted molar refractivity (Wildman–Crippen MR) is 59.7 cm³/mol. The molecule has 0 heterocycles. The molecule has 0 aliphatic rings. The van der Waals surface area contributed by atoms with E-state index in [2.05, 4.69) is 25.7 Å². The van der Waals surface area contributed by atoms with E-state index in [4.69, 9.17) is 5.73 Å². The molecule has 1 unspecified atom stereocenters. The second-order valence-corrected chi connectivity index (χ2v) is 3.45. The smallest absolute Gasteiger partial charge is 0.0218 e. The molecule has 0 aliphatic carbocycles. The Morgan fingerprint density at radius 1 is 1.38 bits per heavy atom. The molecule has 3 N–H and O–H groups in total. The fourth-order valence-corrected chi connectivity index (χ4v) is 1.67. The van der Waals surface area contributed by atoms with Crippen LogP contribution in [0.1, 0.15) is 33.1 Å². The van der Waals surface area contributed by atoms with Gasteiger partial charge < -0.3 is 11.1 Å². The van der Waals surface area contributed by atoms with Crippen molar-refractivity contribution in [1.29, 1.82) is 0 Å². The number of nitrogens with one attached hydrogen (secondary N) is 1. The summed E-state index contributed by atoms with van der Waals surface area (Å²) in [6, 6.07) is 0.481. The van der Waals surface area contributed by atoms with Crippen molar-refractivity contribution in [1.82, 2.24) is 5.32 Å². The van der Waals surface area contributed by atoms with Crippen LogP contribution in [0.4, 0.5) is 0 Å². The topological polar surface area (TPSA) is 38.0 Å². The molecule has 0 bridgehead atoms. The molecule has 0 amide bonds. The highest BCUT2D eigenvalue weighted by Crippen LogP contribution is 2.12. The first-order valence-electron chi connectivity index (χ1n) is 5.34. The van der Waals surface area contributed by atoms with Gasteiger partial charge in [-0.15, -0.1) is 6.58 Å². The number of hydrogen-bond acceptors (Lipinski definition) is 2. The van der Waals surface area contributed by atoms with Gasteiger partial charge in [0.05, 0.1) is 0 Å². The van der Waals surface area contributed by atoms with Gasteiger partial charge in [-0.1, -0.05) is 32.8 Å². The monoisotopic (exact) mass is 184 g/mol. The summed E-state index contributed by atoms with van der Waals surface area (Å²) < 4.78 is 0. The van der Waals surface area contributed by atoms with Gasteiger partial charge >= 0.3 is 0 Å². The first-order valence-corrected chi connectivity index (χ1v) is 5.34. The van der Waals surface area contributed by atoms with E-state index in [1.54, 1.807) is 0 Å². The minimum atomic E-state index is 0.481. The van der Waals surface area contributed by atoms with E-state index in [0.29, 0.717) is 6.04 Å². The van der Waals surface area contributed by atoms with Gasteiger partial charge in [-0.25, -0.2) is 0 Å². The highest BCUT2D eigenvalue weighted by atomic mass is 14.9. The van der Waals surface area contributed by atoms with Crippen molar-refractivity contribution in [2.24, 2.45) is 11.7 Å². The lowest BCUT2D eigenvalue weighted by atomic mass is 9.94. The maximum absolute atomic E-state index is 5.72. The molecule has 0 aromatic carbocycles. The zero-order chi connectivity index (χ0) is 10.1. The molecule has 0 spiro atoms. The van der Waals surface area contributed by atoms with Gasteiger partial charge in [-0.3, -0.25) is 0 Å². The van der Waals surface area contributed by atoms with E-state index >= 15 is 0 Å². The molecule has 13 heavy (non-hydrogen) atoms. The van der Waals surface area contributed by atoms with Crippen LogP contribution in [-0.4, -0.2) is 19.1 Å². The predicted octanol–water partition coefficient (Wildman–Crippen LogP) is 1.92. The van der Waals surface area contributed by atoms with Gasteiger partial charge in [0.2, 0.25) is 0 Å². The maximum atomic E-state index is 5.72. The van der Waals surface area contributed by atoms with Crippen molar-refractivity contribution in [3.8, 4) is 0 Å². The third-order valence-electron chi connectivity index (χ3n) is 2.63. The Balaban J connectivity index is 3.77. The van der Waals surface area contributed by atoms with Gasteiger partial charge in [-0.05, 0) is 18.9 Å². The van der Waals surface area contributed by atoms with Gasteiger partial charge in [0.1, 0.15) is 0 Å². The Hall–Kier alpha value is -0.340. The molecule has 0 aromatic heterocycles. The highest BCUT2D eigenvalue weighted by Gasteiger charge is 2.15. The first-order chi connectivity index (χ1) is 6.29. The lowest BCUT2D eigenvalue weighted by molar-refractivity contribution is 0.341. The van der Waals surface area contributed by atoms with E-state index in [0.717, 1.165) is 25.4 Å². The molecule has 0 rings (SSSR count). The Morgan fingerprint density at radius 3 is 2.38 bits per heavy atom.